The van der Waals surface area contributed by atoms with Crippen molar-refractivity contribution in [3.05, 3.63) is 0 Å². The molecule has 2 saturated carbocycles. The van der Waals surface area contributed by atoms with Crippen molar-refractivity contribution in [2.45, 2.75) is 78.6 Å². The van der Waals surface area contributed by atoms with Crippen LogP contribution in [0.4, 0.5) is 0 Å². The molecule has 0 heterocycles. The predicted molar refractivity (Wildman–Crippen MR) is 88.9 cm³/mol. The second kappa shape index (κ2) is 8.41. The standard InChI is InChI=1S/C19H37N/c1-4-15-8-7-9-17(12-15)19-13-16(5-2)10-11-18(19)14-20-6-3/h15-20H,4-14H2,1-3H3. The monoisotopic (exact) mass is 279 g/mol. The molecule has 118 valence electrons. The molecule has 0 aliphatic heterocycles. The molecule has 5 unspecified atom stereocenters. The van der Waals surface area contributed by atoms with E-state index in [0.717, 1.165) is 36.1 Å². The predicted octanol–water partition coefficient (Wildman–Crippen LogP) is 5.25. The summed E-state index contributed by atoms with van der Waals surface area (Å²) in [5.41, 5.74) is 0. The van der Waals surface area contributed by atoms with Gasteiger partial charge in [-0.25, -0.2) is 0 Å². The third-order valence-corrected chi connectivity index (χ3v) is 6.40. The van der Waals surface area contributed by atoms with Crippen LogP contribution in [0.3, 0.4) is 0 Å². The van der Waals surface area contributed by atoms with E-state index in [0.29, 0.717) is 0 Å². The van der Waals surface area contributed by atoms with E-state index in [2.05, 4.69) is 26.1 Å². The maximum atomic E-state index is 3.65. The molecule has 0 aromatic heterocycles. The molecule has 0 saturated heterocycles. The van der Waals surface area contributed by atoms with Crippen molar-refractivity contribution in [2.24, 2.45) is 29.6 Å². The lowest BCUT2D eigenvalue weighted by atomic mass is 9.63. The van der Waals surface area contributed by atoms with Crippen molar-refractivity contribution in [1.82, 2.24) is 5.32 Å². The van der Waals surface area contributed by atoms with Crippen LogP contribution in [0.2, 0.25) is 0 Å². The second-order valence-electron chi connectivity index (χ2n) is 7.52. The van der Waals surface area contributed by atoms with Crippen LogP contribution >= 0.6 is 0 Å². The van der Waals surface area contributed by atoms with E-state index >= 15 is 0 Å². The van der Waals surface area contributed by atoms with Crippen LogP contribution in [0.15, 0.2) is 0 Å². The molecule has 0 aromatic rings. The summed E-state index contributed by atoms with van der Waals surface area (Å²) < 4.78 is 0. The topological polar surface area (TPSA) is 12.0 Å². The Morgan fingerprint density at radius 2 is 1.60 bits per heavy atom. The van der Waals surface area contributed by atoms with Crippen molar-refractivity contribution in [3.8, 4) is 0 Å². The third kappa shape index (κ3) is 4.23. The normalized spacial score (nSPS) is 38.9. The molecular formula is C19H37N. The van der Waals surface area contributed by atoms with Gasteiger partial charge in [-0.1, -0.05) is 59.3 Å². The van der Waals surface area contributed by atoms with Crippen LogP contribution < -0.4 is 5.32 Å². The van der Waals surface area contributed by atoms with Gasteiger partial charge in [-0.3, -0.25) is 0 Å². The number of hydrogen-bond donors (Lipinski definition) is 1. The zero-order valence-electron chi connectivity index (χ0n) is 14.2. The van der Waals surface area contributed by atoms with Crippen molar-refractivity contribution in [1.29, 1.82) is 0 Å². The Labute approximate surface area is 127 Å². The Bertz CT molecular complexity index is 262. The van der Waals surface area contributed by atoms with Gasteiger partial charge in [0.1, 0.15) is 0 Å². The third-order valence-electron chi connectivity index (χ3n) is 6.40. The minimum atomic E-state index is 0.971. The Morgan fingerprint density at radius 3 is 2.30 bits per heavy atom. The van der Waals surface area contributed by atoms with Crippen molar-refractivity contribution < 1.29 is 0 Å². The summed E-state index contributed by atoms with van der Waals surface area (Å²) in [5, 5.41) is 3.65. The van der Waals surface area contributed by atoms with Gasteiger partial charge >= 0.3 is 0 Å². The highest BCUT2D eigenvalue weighted by Gasteiger charge is 2.36. The first-order valence-electron chi connectivity index (χ1n) is 9.49. The molecule has 2 fully saturated rings. The molecule has 2 rings (SSSR count). The Balaban J connectivity index is 1.97. The highest BCUT2D eigenvalue weighted by Crippen LogP contribution is 2.45. The van der Waals surface area contributed by atoms with E-state index in [9.17, 15) is 0 Å². The first kappa shape index (κ1) is 16.3. The van der Waals surface area contributed by atoms with Crippen LogP contribution in [0.1, 0.15) is 78.6 Å². The number of rotatable bonds is 6. The lowest BCUT2D eigenvalue weighted by Gasteiger charge is -2.43. The fourth-order valence-corrected chi connectivity index (χ4v) is 4.98. The smallest absolute Gasteiger partial charge is 0.00179 e. The van der Waals surface area contributed by atoms with E-state index < -0.39 is 0 Å². The van der Waals surface area contributed by atoms with Gasteiger partial charge in [-0.15, -0.1) is 0 Å². The Morgan fingerprint density at radius 1 is 0.850 bits per heavy atom. The van der Waals surface area contributed by atoms with E-state index in [1.807, 2.05) is 0 Å². The molecule has 2 aliphatic carbocycles. The van der Waals surface area contributed by atoms with Crippen LogP contribution in [0.5, 0.6) is 0 Å². The fourth-order valence-electron chi connectivity index (χ4n) is 4.98. The van der Waals surface area contributed by atoms with E-state index in [4.69, 9.17) is 0 Å². The summed E-state index contributed by atoms with van der Waals surface area (Å²) in [5.74, 6) is 5.11. The highest BCUT2D eigenvalue weighted by molar-refractivity contribution is 4.88. The van der Waals surface area contributed by atoms with Gasteiger partial charge in [0, 0.05) is 0 Å². The minimum absolute atomic E-state index is 0.971. The SMILES string of the molecule is CCNCC1CCC(CC)CC1C1CCCC(CC)C1. The molecule has 0 spiro atoms. The van der Waals surface area contributed by atoms with Gasteiger partial charge in [0.2, 0.25) is 0 Å². The average Bonchev–Trinajstić information content (AvgIpc) is 2.52. The zero-order valence-corrected chi connectivity index (χ0v) is 14.2. The first-order chi connectivity index (χ1) is 9.78. The molecule has 20 heavy (non-hydrogen) atoms. The molecule has 5 atom stereocenters. The highest BCUT2D eigenvalue weighted by atomic mass is 14.8. The van der Waals surface area contributed by atoms with Gasteiger partial charge in [-0.05, 0) is 61.9 Å². The molecule has 1 heteroatoms. The van der Waals surface area contributed by atoms with Gasteiger partial charge in [0.15, 0.2) is 0 Å². The summed E-state index contributed by atoms with van der Waals surface area (Å²) in [6.07, 6.45) is 13.4. The summed E-state index contributed by atoms with van der Waals surface area (Å²) in [4.78, 5) is 0. The number of nitrogens with one attached hydrogen (secondary N) is 1. The van der Waals surface area contributed by atoms with Crippen LogP contribution in [-0.2, 0) is 0 Å². The Kier molecular flexibility index (Phi) is 6.87. The summed E-state index contributed by atoms with van der Waals surface area (Å²) in [6, 6.07) is 0. The van der Waals surface area contributed by atoms with E-state index in [1.165, 1.54) is 57.9 Å². The lowest BCUT2D eigenvalue weighted by Crippen LogP contribution is -2.38. The van der Waals surface area contributed by atoms with Gasteiger partial charge in [0.25, 0.3) is 0 Å². The Hall–Kier alpha value is -0.0400. The quantitative estimate of drug-likeness (QED) is 0.700. The van der Waals surface area contributed by atoms with Crippen molar-refractivity contribution >= 4 is 0 Å². The molecule has 1 nitrogen and oxygen atoms in total. The van der Waals surface area contributed by atoms with Gasteiger partial charge in [-0.2, -0.15) is 0 Å². The molecular weight excluding hydrogens is 242 g/mol. The second-order valence-corrected chi connectivity index (χ2v) is 7.52. The van der Waals surface area contributed by atoms with E-state index in [-0.39, 0.29) is 0 Å². The van der Waals surface area contributed by atoms with Crippen LogP contribution in [0, 0.1) is 29.6 Å². The average molecular weight is 280 g/mol. The van der Waals surface area contributed by atoms with Crippen LogP contribution in [-0.4, -0.2) is 13.1 Å². The molecule has 0 aromatic carbocycles. The van der Waals surface area contributed by atoms with E-state index in [1.54, 1.807) is 6.42 Å². The maximum Gasteiger partial charge on any atom is -0.00179 e. The summed E-state index contributed by atoms with van der Waals surface area (Å²) in [7, 11) is 0. The van der Waals surface area contributed by atoms with Crippen LogP contribution in [0.25, 0.3) is 0 Å². The number of hydrogen-bond acceptors (Lipinski definition) is 1. The first-order valence-corrected chi connectivity index (χ1v) is 9.49. The maximum absolute atomic E-state index is 3.65. The molecule has 0 amide bonds. The molecule has 1 N–H and O–H groups in total. The summed E-state index contributed by atoms with van der Waals surface area (Å²) in [6.45, 7) is 9.48. The van der Waals surface area contributed by atoms with Gasteiger partial charge in [0.05, 0.1) is 0 Å². The van der Waals surface area contributed by atoms with Crippen molar-refractivity contribution in [2.75, 3.05) is 13.1 Å². The molecule has 0 radical (unpaired) electrons. The largest absolute Gasteiger partial charge is 0.317 e. The lowest BCUT2D eigenvalue weighted by molar-refractivity contribution is 0.0775. The van der Waals surface area contributed by atoms with Crippen molar-refractivity contribution in [3.63, 3.8) is 0 Å². The fraction of sp³-hybridized carbons (Fsp3) is 1.00. The molecule has 0 bridgehead atoms. The summed E-state index contributed by atoms with van der Waals surface area (Å²) >= 11 is 0. The van der Waals surface area contributed by atoms with Gasteiger partial charge < -0.3 is 5.32 Å². The zero-order chi connectivity index (χ0) is 14.4. The minimum Gasteiger partial charge on any atom is -0.317 e. The molecule has 2 aliphatic rings.